The van der Waals surface area contributed by atoms with E-state index in [9.17, 15) is 0 Å². The third-order valence-electron chi connectivity index (χ3n) is 9.64. The normalized spacial score (nSPS) is 12.1. The molecular weight excluding hydrogens is 638 g/mol. The first-order chi connectivity index (χ1) is 23.7. The van der Waals surface area contributed by atoms with Crippen molar-refractivity contribution in [2.75, 3.05) is 0 Å². The largest absolute Gasteiger partial charge is 0.0586 e. The van der Waals surface area contributed by atoms with E-state index >= 15 is 0 Å². The van der Waals surface area contributed by atoms with Crippen LogP contribution in [-0.4, -0.2) is 0 Å². The summed E-state index contributed by atoms with van der Waals surface area (Å²) in [6.45, 7) is 27.3. The Balaban J connectivity index is 1.76. The molecule has 0 saturated heterocycles. The Morgan fingerprint density at radius 2 is 0.580 bits per heavy atom. The summed E-state index contributed by atoms with van der Waals surface area (Å²) in [4.78, 5) is 0. The summed E-state index contributed by atoms with van der Waals surface area (Å²) in [5.74, 6) is 0. The van der Waals surface area contributed by atoms with E-state index in [0.29, 0.717) is 0 Å². The van der Waals surface area contributed by atoms with Crippen molar-refractivity contribution < 1.29 is 0 Å². The zero-order valence-corrected chi connectivity index (χ0v) is 33.9. The molecule has 0 spiro atoms. The van der Waals surface area contributed by atoms with Crippen LogP contribution in [0.2, 0.25) is 0 Å². The average molecular weight is 691 g/mol. The molecule has 50 heavy (non-hydrogen) atoms. The molecule has 6 rings (SSSR count). The number of benzene rings is 6. The predicted molar refractivity (Wildman–Crippen MR) is 226 cm³/mol. The minimum absolute atomic E-state index is 0.861. The van der Waals surface area contributed by atoms with Crippen molar-refractivity contribution in [2.24, 2.45) is 0 Å². The maximum absolute atomic E-state index is 2.52. The van der Waals surface area contributed by atoms with E-state index in [-0.39, 0.29) is 0 Å². The minimum atomic E-state index is -0.862. The third-order valence-corrected chi connectivity index (χ3v) is 14.6. The highest BCUT2D eigenvalue weighted by molar-refractivity contribution is 7.81. The molecule has 0 heterocycles. The second-order valence-corrected chi connectivity index (χ2v) is 19.3. The smallest absolute Gasteiger partial charge is 0.00615 e. The summed E-state index contributed by atoms with van der Waals surface area (Å²) >= 11 is 0. The SMILES string of the molecule is Cc1cc(C)cc(P(c2cc(C)cc(C)c2)c2cc(C)cc(C)c2-c2c(C)cc(C)cc2[P@](c2cc(C)cc(C)c2)c2ccc(C)cc2C)c1. The zero-order chi connectivity index (χ0) is 36.0. The molecule has 0 N–H and O–H groups in total. The van der Waals surface area contributed by atoms with Crippen LogP contribution in [0, 0.1) is 83.1 Å². The highest BCUT2D eigenvalue weighted by atomic mass is 31.1. The summed E-state index contributed by atoms with van der Waals surface area (Å²) in [5.41, 5.74) is 18.8. The van der Waals surface area contributed by atoms with Crippen LogP contribution < -0.4 is 31.8 Å². The van der Waals surface area contributed by atoms with Gasteiger partial charge in [0.1, 0.15) is 0 Å². The Hall–Kier alpha value is -3.82. The Bertz CT molecular complexity index is 2140. The lowest BCUT2D eigenvalue weighted by atomic mass is 9.94. The van der Waals surface area contributed by atoms with Crippen LogP contribution >= 0.6 is 15.8 Å². The number of hydrogen-bond acceptors (Lipinski definition) is 0. The molecule has 2 heteroatoms. The van der Waals surface area contributed by atoms with Gasteiger partial charge < -0.3 is 0 Å². The summed E-state index contributed by atoms with van der Waals surface area (Å²) < 4.78 is 0. The van der Waals surface area contributed by atoms with Gasteiger partial charge in [-0.2, -0.15) is 0 Å². The first-order valence-corrected chi connectivity index (χ1v) is 20.5. The molecule has 254 valence electrons. The molecule has 0 bridgehead atoms. The van der Waals surface area contributed by atoms with Gasteiger partial charge in [0.15, 0.2) is 0 Å². The first-order valence-electron chi connectivity index (χ1n) is 17.8. The van der Waals surface area contributed by atoms with E-state index < -0.39 is 15.8 Å². The summed E-state index contributed by atoms with van der Waals surface area (Å²) in [7, 11) is -1.72. The summed E-state index contributed by atoms with van der Waals surface area (Å²) in [6.07, 6.45) is 0. The number of hydrogen-bond donors (Lipinski definition) is 0. The molecule has 0 aliphatic heterocycles. The molecule has 0 fully saturated rings. The van der Waals surface area contributed by atoms with Crippen molar-refractivity contribution >= 4 is 47.7 Å². The first kappa shape index (κ1) is 36.0. The molecule has 1 atom stereocenters. The maximum Gasteiger partial charge on any atom is -0.00615 e. The molecule has 6 aromatic carbocycles. The average Bonchev–Trinajstić information content (AvgIpc) is 2.98. The Kier molecular flexibility index (Phi) is 10.4. The monoisotopic (exact) mass is 690 g/mol. The molecule has 0 aliphatic carbocycles. The van der Waals surface area contributed by atoms with Crippen LogP contribution in [0.15, 0.2) is 97.1 Å². The van der Waals surface area contributed by atoms with Crippen molar-refractivity contribution in [3.8, 4) is 11.1 Å². The van der Waals surface area contributed by atoms with Crippen molar-refractivity contribution in [3.63, 3.8) is 0 Å². The molecule has 0 nitrogen and oxygen atoms in total. The molecular formula is C48H52P2. The van der Waals surface area contributed by atoms with Crippen LogP contribution in [0.4, 0.5) is 0 Å². The second-order valence-electron chi connectivity index (χ2n) is 15.0. The Morgan fingerprint density at radius 1 is 0.260 bits per heavy atom. The molecule has 0 amide bonds. The number of rotatable bonds is 7. The summed E-state index contributed by atoms with van der Waals surface area (Å²) in [5, 5.41) is 8.62. The number of aryl methyl sites for hydroxylation is 12. The van der Waals surface area contributed by atoms with Crippen molar-refractivity contribution in [2.45, 2.75) is 83.1 Å². The van der Waals surface area contributed by atoms with E-state index in [1.807, 2.05) is 0 Å². The minimum Gasteiger partial charge on any atom is -0.0586 e. The molecule has 0 aromatic heterocycles. The van der Waals surface area contributed by atoms with E-state index in [1.54, 1.807) is 0 Å². The van der Waals surface area contributed by atoms with Crippen molar-refractivity contribution in [1.82, 2.24) is 0 Å². The predicted octanol–water partition coefficient (Wildman–Crippen LogP) is 10.6. The van der Waals surface area contributed by atoms with Gasteiger partial charge >= 0.3 is 0 Å². The van der Waals surface area contributed by atoms with Gasteiger partial charge in [0.05, 0.1) is 0 Å². The molecule has 0 saturated carbocycles. The van der Waals surface area contributed by atoms with Crippen LogP contribution in [0.1, 0.15) is 66.8 Å². The molecule has 6 aromatic rings. The lowest BCUT2D eigenvalue weighted by Gasteiger charge is -2.30. The highest BCUT2D eigenvalue weighted by Crippen LogP contribution is 2.45. The van der Waals surface area contributed by atoms with Gasteiger partial charge in [0, 0.05) is 0 Å². The van der Waals surface area contributed by atoms with Gasteiger partial charge in [-0.3, -0.25) is 0 Å². The molecule has 0 aliphatic rings. The Labute approximate surface area is 304 Å². The molecule has 0 radical (unpaired) electrons. The standard InChI is InChI=1S/C48H52P2/c1-29-13-14-44(38(10)18-29)50(43-25-34(6)17-35(7)26-43)46-28-37(9)20-40(12)48(46)47-39(11)19-36(8)27-45(47)49(41-21-30(2)15-31(3)22-41)42-23-32(4)16-33(5)24-42/h13-28H,1-12H3/t50-/m1/s1. The second kappa shape index (κ2) is 14.4. The maximum atomic E-state index is 2.52. The van der Waals surface area contributed by atoms with Crippen molar-refractivity contribution in [3.05, 3.63) is 164 Å². The fraction of sp³-hybridized carbons (Fsp3) is 0.250. The lowest BCUT2D eigenvalue weighted by molar-refractivity contribution is 1.36. The lowest BCUT2D eigenvalue weighted by Crippen LogP contribution is -2.28. The van der Waals surface area contributed by atoms with Gasteiger partial charge in [-0.25, -0.2) is 0 Å². The van der Waals surface area contributed by atoms with Gasteiger partial charge in [-0.1, -0.05) is 147 Å². The van der Waals surface area contributed by atoms with E-state index in [1.165, 1.54) is 110 Å². The van der Waals surface area contributed by atoms with Gasteiger partial charge in [-0.05, 0) is 159 Å². The van der Waals surface area contributed by atoms with Gasteiger partial charge in [0.25, 0.3) is 0 Å². The molecule has 0 unspecified atom stereocenters. The quantitative estimate of drug-likeness (QED) is 0.146. The van der Waals surface area contributed by atoms with Gasteiger partial charge in [0.2, 0.25) is 0 Å². The topological polar surface area (TPSA) is 0 Å². The van der Waals surface area contributed by atoms with Crippen LogP contribution in [0.3, 0.4) is 0 Å². The third kappa shape index (κ3) is 7.45. The van der Waals surface area contributed by atoms with Crippen LogP contribution in [-0.2, 0) is 0 Å². The van der Waals surface area contributed by atoms with Crippen LogP contribution in [0.5, 0.6) is 0 Å². The fourth-order valence-corrected chi connectivity index (χ4v) is 14.0. The van der Waals surface area contributed by atoms with Gasteiger partial charge in [-0.15, -0.1) is 0 Å². The van der Waals surface area contributed by atoms with E-state index in [4.69, 9.17) is 0 Å². The highest BCUT2D eigenvalue weighted by Gasteiger charge is 2.29. The van der Waals surface area contributed by atoms with E-state index in [0.717, 1.165) is 0 Å². The fourth-order valence-electron chi connectivity index (χ4n) is 8.02. The summed E-state index contributed by atoms with van der Waals surface area (Å²) in [6, 6.07) is 38.5. The van der Waals surface area contributed by atoms with Crippen molar-refractivity contribution in [1.29, 1.82) is 0 Å². The van der Waals surface area contributed by atoms with Crippen LogP contribution in [0.25, 0.3) is 11.1 Å². The van der Waals surface area contributed by atoms with E-state index in [2.05, 4.69) is 180 Å². The Morgan fingerprint density at radius 3 is 0.960 bits per heavy atom. The zero-order valence-electron chi connectivity index (χ0n) is 32.1.